The quantitative estimate of drug-likeness (QED) is 0.886. The van der Waals surface area contributed by atoms with Crippen LogP contribution >= 0.6 is 0 Å². The van der Waals surface area contributed by atoms with Crippen LogP contribution in [-0.4, -0.2) is 22.1 Å². The summed E-state index contributed by atoms with van der Waals surface area (Å²) in [7, 11) is 0. The molecule has 2 N–H and O–H groups in total. The van der Waals surface area contributed by atoms with E-state index in [2.05, 4.69) is 10.3 Å². The highest BCUT2D eigenvalue weighted by molar-refractivity contribution is 5.95. The van der Waals surface area contributed by atoms with Gasteiger partial charge in [-0.1, -0.05) is 30.3 Å². The number of hydrogen-bond donors (Lipinski definition) is 2. The van der Waals surface area contributed by atoms with E-state index in [0.29, 0.717) is 17.1 Å². The molecule has 110 valence electrons. The molecule has 1 unspecified atom stereocenters. The van der Waals surface area contributed by atoms with Crippen LogP contribution in [0.15, 0.2) is 48.7 Å². The van der Waals surface area contributed by atoms with E-state index in [-0.39, 0.29) is 6.10 Å². The first-order chi connectivity index (χ1) is 10.1. The van der Waals surface area contributed by atoms with E-state index in [4.69, 9.17) is 4.74 Å². The fourth-order valence-corrected chi connectivity index (χ4v) is 1.79. The van der Waals surface area contributed by atoms with Gasteiger partial charge in [0, 0.05) is 6.20 Å². The fraction of sp³-hybridized carbons (Fsp3) is 0.250. The van der Waals surface area contributed by atoms with Crippen molar-refractivity contribution in [3.8, 4) is 5.88 Å². The van der Waals surface area contributed by atoms with Gasteiger partial charge in [0.2, 0.25) is 5.88 Å². The highest BCUT2D eigenvalue weighted by Crippen LogP contribution is 2.23. The molecule has 21 heavy (non-hydrogen) atoms. The Morgan fingerprint density at radius 2 is 1.90 bits per heavy atom. The van der Waals surface area contributed by atoms with E-state index in [1.54, 1.807) is 42.6 Å². The van der Waals surface area contributed by atoms with Crippen molar-refractivity contribution in [3.63, 3.8) is 0 Å². The van der Waals surface area contributed by atoms with Crippen LogP contribution in [0.4, 0.5) is 5.69 Å². The van der Waals surface area contributed by atoms with Crippen LogP contribution in [0, 0.1) is 0 Å². The third-order valence-corrected chi connectivity index (χ3v) is 2.74. The Balaban J connectivity index is 2.13. The van der Waals surface area contributed by atoms with Gasteiger partial charge >= 0.3 is 0 Å². The van der Waals surface area contributed by atoms with Crippen molar-refractivity contribution in [1.29, 1.82) is 0 Å². The van der Waals surface area contributed by atoms with Crippen molar-refractivity contribution >= 4 is 11.6 Å². The normalized spacial score (nSPS) is 12.0. The first kappa shape index (κ1) is 15.0. The van der Waals surface area contributed by atoms with Crippen LogP contribution < -0.4 is 10.1 Å². The van der Waals surface area contributed by atoms with E-state index >= 15 is 0 Å². The first-order valence-corrected chi connectivity index (χ1v) is 6.73. The van der Waals surface area contributed by atoms with Crippen molar-refractivity contribution in [3.05, 3.63) is 54.2 Å². The van der Waals surface area contributed by atoms with Gasteiger partial charge < -0.3 is 15.2 Å². The maximum absolute atomic E-state index is 12.1. The van der Waals surface area contributed by atoms with Gasteiger partial charge in [-0.3, -0.25) is 4.79 Å². The average Bonchev–Trinajstić information content (AvgIpc) is 2.49. The summed E-state index contributed by atoms with van der Waals surface area (Å²) in [6, 6.07) is 12.1. The molecule has 1 atom stereocenters. The van der Waals surface area contributed by atoms with Crippen LogP contribution in [0.3, 0.4) is 0 Å². The molecule has 0 aliphatic heterocycles. The Labute approximate surface area is 123 Å². The van der Waals surface area contributed by atoms with Gasteiger partial charge in [-0.2, -0.15) is 0 Å². The molecule has 1 aromatic heterocycles. The Hall–Kier alpha value is -2.40. The summed E-state index contributed by atoms with van der Waals surface area (Å²) in [6.07, 6.45) is 0.286. The van der Waals surface area contributed by atoms with Crippen LogP contribution in [0.5, 0.6) is 5.88 Å². The zero-order valence-electron chi connectivity index (χ0n) is 12.0. The SMILES string of the molecule is CC(C)Oc1ncccc1NC(=O)C(O)c1ccccc1. The summed E-state index contributed by atoms with van der Waals surface area (Å²) in [5.41, 5.74) is 0.969. The standard InChI is InChI=1S/C16H18N2O3/c1-11(2)21-16-13(9-6-10-17-16)18-15(20)14(19)12-7-4-3-5-8-12/h3-11,14,19H,1-2H3,(H,18,20). The Morgan fingerprint density at radius 1 is 1.19 bits per heavy atom. The molecule has 2 aromatic rings. The number of rotatable bonds is 5. The van der Waals surface area contributed by atoms with Crippen molar-refractivity contribution in [2.45, 2.75) is 26.1 Å². The van der Waals surface area contributed by atoms with Crippen LogP contribution in [0.1, 0.15) is 25.5 Å². The monoisotopic (exact) mass is 286 g/mol. The summed E-state index contributed by atoms with van der Waals surface area (Å²) in [6.45, 7) is 3.75. The van der Waals surface area contributed by atoms with Gasteiger partial charge in [0.1, 0.15) is 5.69 Å². The summed E-state index contributed by atoms with van der Waals surface area (Å²) in [5.74, 6) is -0.191. The molecule has 0 radical (unpaired) electrons. The minimum atomic E-state index is -1.24. The summed E-state index contributed by atoms with van der Waals surface area (Å²) < 4.78 is 5.52. The van der Waals surface area contributed by atoms with E-state index in [0.717, 1.165) is 0 Å². The molecule has 0 aliphatic rings. The second-order valence-electron chi connectivity index (χ2n) is 4.83. The Bertz CT molecular complexity index is 599. The maximum atomic E-state index is 12.1. The number of carbonyl (C=O) groups is 1. The molecule has 5 nitrogen and oxygen atoms in total. The van der Waals surface area contributed by atoms with Gasteiger partial charge in [-0.05, 0) is 31.5 Å². The lowest BCUT2D eigenvalue weighted by Crippen LogP contribution is -2.21. The summed E-state index contributed by atoms with van der Waals surface area (Å²) >= 11 is 0. The minimum absolute atomic E-state index is 0.0606. The Morgan fingerprint density at radius 3 is 2.57 bits per heavy atom. The lowest BCUT2D eigenvalue weighted by atomic mass is 10.1. The fourth-order valence-electron chi connectivity index (χ4n) is 1.79. The molecule has 0 saturated heterocycles. The van der Waals surface area contributed by atoms with Gasteiger partial charge in [0.25, 0.3) is 5.91 Å². The van der Waals surface area contributed by atoms with E-state index < -0.39 is 12.0 Å². The number of hydrogen-bond acceptors (Lipinski definition) is 4. The molecule has 0 bridgehead atoms. The number of aliphatic hydroxyl groups is 1. The molecular weight excluding hydrogens is 268 g/mol. The predicted molar refractivity (Wildman–Crippen MR) is 80.0 cm³/mol. The third kappa shape index (κ3) is 4.03. The van der Waals surface area contributed by atoms with E-state index in [9.17, 15) is 9.90 Å². The molecule has 2 rings (SSSR count). The van der Waals surface area contributed by atoms with Gasteiger partial charge in [-0.15, -0.1) is 0 Å². The Kier molecular flexibility index (Phi) is 4.90. The van der Waals surface area contributed by atoms with Crippen LogP contribution in [0.2, 0.25) is 0 Å². The van der Waals surface area contributed by atoms with Crippen LogP contribution in [0.25, 0.3) is 0 Å². The van der Waals surface area contributed by atoms with Crippen molar-refractivity contribution in [2.75, 3.05) is 5.32 Å². The number of ether oxygens (including phenoxy) is 1. The van der Waals surface area contributed by atoms with E-state index in [1.165, 1.54) is 0 Å². The molecule has 0 spiro atoms. The number of pyridine rings is 1. The maximum Gasteiger partial charge on any atom is 0.257 e. The second kappa shape index (κ2) is 6.85. The first-order valence-electron chi connectivity index (χ1n) is 6.73. The molecule has 1 aromatic carbocycles. The third-order valence-electron chi connectivity index (χ3n) is 2.74. The smallest absolute Gasteiger partial charge is 0.257 e. The number of anilines is 1. The second-order valence-corrected chi connectivity index (χ2v) is 4.83. The van der Waals surface area contributed by atoms with Crippen molar-refractivity contribution in [2.24, 2.45) is 0 Å². The number of aromatic nitrogens is 1. The summed E-state index contributed by atoms with van der Waals surface area (Å²) in [4.78, 5) is 16.2. The highest BCUT2D eigenvalue weighted by Gasteiger charge is 2.19. The van der Waals surface area contributed by atoms with Crippen molar-refractivity contribution in [1.82, 2.24) is 4.98 Å². The number of nitrogens with zero attached hydrogens (tertiary/aromatic N) is 1. The van der Waals surface area contributed by atoms with Crippen molar-refractivity contribution < 1.29 is 14.6 Å². The number of nitrogens with one attached hydrogen (secondary N) is 1. The molecule has 1 amide bonds. The molecule has 5 heteroatoms. The minimum Gasteiger partial charge on any atom is -0.473 e. The van der Waals surface area contributed by atoms with Crippen LogP contribution in [-0.2, 0) is 4.79 Å². The van der Waals surface area contributed by atoms with Gasteiger partial charge in [0.05, 0.1) is 6.10 Å². The molecule has 0 aliphatic carbocycles. The van der Waals surface area contributed by atoms with Gasteiger partial charge in [-0.25, -0.2) is 4.98 Å². The summed E-state index contributed by atoms with van der Waals surface area (Å²) in [5, 5.41) is 12.7. The van der Waals surface area contributed by atoms with Gasteiger partial charge in [0.15, 0.2) is 6.10 Å². The largest absolute Gasteiger partial charge is 0.473 e. The lowest BCUT2D eigenvalue weighted by Gasteiger charge is -2.15. The molecular formula is C16H18N2O3. The van der Waals surface area contributed by atoms with E-state index in [1.807, 2.05) is 19.9 Å². The number of amides is 1. The molecule has 0 saturated carbocycles. The molecule has 1 heterocycles. The zero-order valence-corrected chi connectivity index (χ0v) is 12.0. The molecule has 0 fully saturated rings. The topological polar surface area (TPSA) is 71.5 Å². The highest BCUT2D eigenvalue weighted by atomic mass is 16.5. The number of carbonyl (C=O) groups excluding carboxylic acids is 1. The number of aliphatic hydroxyl groups excluding tert-OH is 1. The predicted octanol–water partition coefficient (Wildman–Crippen LogP) is 2.54. The average molecular weight is 286 g/mol. The number of benzene rings is 1. The lowest BCUT2D eigenvalue weighted by molar-refractivity contribution is -0.124. The zero-order chi connectivity index (χ0) is 15.2.